The molecule has 5 rings (SSSR count). The number of aromatic amines is 1. The quantitative estimate of drug-likeness (QED) is 0.273. The molecule has 0 fully saturated rings. The Hall–Kier alpha value is -4.05. The van der Waals surface area contributed by atoms with Crippen LogP contribution in [0.4, 0.5) is 5.69 Å². The Morgan fingerprint density at radius 1 is 1.09 bits per heavy atom. The van der Waals surface area contributed by atoms with E-state index < -0.39 is 22.3 Å². The van der Waals surface area contributed by atoms with Crippen molar-refractivity contribution < 1.29 is 14.5 Å². The van der Waals surface area contributed by atoms with E-state index in [1.807, 2.05) is 0 Å². The molecule has 0 spiro atoms. The van der Waals surface area contributed by atoms with E-state index in [0.29, 0.717) is 33.1 Å². The van der Waals surface area contributed by atoms with Crippen LogP contribution in [-0.2, 0) is 6.54 Å². The molecular weight excluding hydrogens is 450 g/mol. The van der Waals surface area contributed by atoms with Gasteiger partial charge in [-0.15, -0.1) is 0 Å². The molecular formula is C22H16ClN5O5. The molecule has 0 aliphatic carbocycles. The molecule has 10 nitrogen and oxygen atoms in total. The molecule has 0 unspecified atom stereocenters. The van der Waals surface area contributed by atoms with E-state index in [1.165, 1.54) is 16.7 Å². The molecule has 0 saturated heterocycles. The van der Waals surface area contributed by atoms with Crippen molar-refractivity contribution in [2.24, 2.45) is 0 Å². The van der Waals surface area contributed by atoms with Crippen LogP contribution >= 0.6 is 11.6 Å². The smallest absolute Gasteiger partial charge is 0.295 e. The molecule has 0 saturated carbocycles. The van der Waals surface area contributed by atoms with Crippen molar-refractivity contribution >= 4 is 50.9 Å². The Bertz CT molecular complexity index is 1540. The molecule has 3 heterocycles. The van der Waals surface area contributed by atoms with E-state index in [2.05, 4.69) is 10.2 Å². The average molecular weight is 466 g/mol. The fourth-order valence-electron chi connectivity index (χ4n) is 4.35. The van der Waals surface area contributed by atoms with Gasteiger partial charge in [-0.05, 0) is 31.5 Å². The number of aryl methyl sites for hydroxylation is 2. The van der Waals surface area contributed by atoms with Gasteiger partial charge in [-0.3, -0.25) is 34.5 Å². The number of halogens is 1. The number of aromatic nitrogens is 3. The number of carbonyl (C=O) groups excluding carboxylic acids is 2. The molecule has 2 aromatic carbocycles. The first kappa shape index (κ1) is 20.8. The number of nitro benzene ring substituents is 1. The summed E-state index contributed by atoms with van der Waals surface area (Å²) in [6.45, 7) is 1.79. The predicted octanol–water partition coefficient (Wildman–Crippen LogP) is 3.43. The lowest BCUT2D eigenvalue weighted by molar-refractivity contribution is -0.383. The first-order chi connectivity index (χ1) is 15.8. The van der Waals surface area contributed by atoms with Crippen LogP contribution in [0.3, 0.4) is 0 Å². The molecule has 0 atom stereocenters. The van der Waals surface area contributed by atoms with Gasteiger partial charge in [0.15, 0.2) is 0 Å². The van der Waals surface area contributed by atoms with Crippen LogP contribution in [0.1, 0.15) is 32.8 Å². The zero-order valence-corrected chi connectivity index (χ0v) is 18.0. The molecule has 166 valence electrons. The number of hydrogen-bond donors (Lipinski definition) is 1. The lowest BCUT2D eigenvalue weighted by Crippen LogP contribution is -2.32. The maximum absolute atomic E-state index is 13.3. The highest BCUT2D eigenvalue weighted by Crippen LogP contribution is 2.33. The summed E-state index contributed by atoms with van der Waals surface area (Å²) in [4.78, 5) is 50.9. The van der Waals surface area contributed by atoms with Crippen LogP contribution < -0.4 is 5.56 Å². The monoisotopic (exact) mass is 465 g/mol. The van der Waals surface area contributed by atoms with Gasteiger partial charge in [-0.1, -0.05) is 23.7 Å². The first-order valence-electron chi connectivity index (χ1n) is 10.1. The van der Waals surface area contributed by atoms with Crippen molar-refractivity contribution in [3.8, 4) is 0 Å². The van der Waals surface area contributed by atoms with Gasteiger partial charge in [-0.2, -0.15) is 5.10 Å². The zero-order chi connectivity index (χ0) is 23.4. The summed E-state index contributed by atoms with van der Waals surface area (Å²) in [6, 6.07) is 9.28. The topological polar surface area (TPSA) is 131 Å². The highest BCUT2D eigenvalue weighted by molar-refractivity contribution is 6.32. The van der Waals surface area contributed by atoms with Crippen molar-refractivity contribution in [3.05, 3.63) is 78.7 Å². The zero-order valence-electron chi connectivity index (χ0n) is 17.3. The number of hydrogen-bond acceptors (Lipinski definition) is 6. The number of benzene rings is 2. The number of non-ortho nitro benzene ring substituents is 1. The second-order valence-electron chi connectivity index (χ2n) is 7.77. The maximum Gasteiger partial charge on any atom is 0.295 e. The van der Waals surface area contributed by atoms with E-state index >= 15 is 0 Å². The molecule has 11 heteroatoms. The summed E-state index contributed by atoms with van der Waals surface area (Å²) in [6.07, 6.45) is 0.225. The maximum atomic E-state index is 13.3. The Balaban J connectivity index is 1.57. The van der Waals surface area contributed by atoms with Crippen molar-refractivity contribution in [1.82, 2.24) is 19.7 Å². The third kappa shape index (κ3) is 3.10. The number of H-pyrrole nitrogens is 1. The minimum absolute atomic E-state index is 0.0474. The van der Waals surface area contributed by atoms with Gasteiger partial charge in [0.2, 0.25) is 0 Å². The SMILES string of the molecule is Cc1[nH]nc2c1c(=O)n(CCCN1C(=O)c3ccccc3C1=O)c1c([N+](=O)[O-])cc(Cl)cc21. The van der Waals surface area contributed by atoms with Gasteiger partial charge >= 0.3 is 0 Å². The fraction of sp³-hybridized carbons (Fsp3) is 0.182. The second-order valence-corrected chi connectivity index (χ2v) is 8.20. The van der Waals surface area contributed by atoms with Gasteiger partial charge in [0.25, 0.3) is 23.1 Å². The Kier molecular flexibility index (Phi) is 4.75. The largest absolute Gasteiger partial charge is 0.302 e. The third-order valence-electron chi connectivity index (χ3n) is 5.82. The predicted molar refractivity (Wildman–Crippen MR) is 121 cm³/mol. The van der Waals surface area contributed by atoms with Crippen molar-refractivity contribution in [2.75, 3.05) is 6.54 Å². The van der Waals surface area contributed by atoms with Crippen LogP contribution in [0.5, 0.6) is 0 Å². The van der Waals surface area contributed by atoms with Crippen molar-refractivity contribution in [2.45, 2.75) is 19.9 Å². The Labute approximate surface area is 190 Å². The highest BCUT2D eigenvalue weighted by atomic mass is 35.5. The molecule has 1 aliphatic rings. The van der Waals surface area contributed by atoms with Crippen molar-refractivity contribution in [1.29, 1.82) is 0 Å². The number of nitro groups is 1. The van der Waals surface area contributed by atoms with Crippen LogP contribution in [0, 0.1) is 17.0 Å². The van der Waals surface area contributed by atoms with E-state index in [1.54, 1.807) is 31.2 Å². The van der Waals surface area contributed by atoms with Gasteiger partial charge in [0, 0.05) is 35.3 Å². The first-order valence-corrected chi connectivity index (χ1v) is 10.5. The summed E-state index contributed by atoms with van der Waals surface area (Å²) >= 11 is 6.12. The molecule has 2 amide bonds. The van der Waals surface area contributed by atoms with E-state index in [9.17, 15) is 24.5 Å². The van der Waals surface area contributed by atoms with Crippen LogP contribution in [0.25, 0.3) is 21.8 Å². The summed E-state index contributed by atoms with van der Waals surface area (Å²) in [5, 5.41) is 19.5. The number of nitrogens with one attached hydrogen (secondary N) is 1. The molecule has 4 aromatic rings. The van der Waals surface area contributed by atoms with Crippen LogP contribution in [-0.4, -0.2) is 42.9 Å². The molecule has 0 radical (unpaired) electrons. The number of imide groups is 1. The lowest BCUT2D eigenvalue weighted by atomic mass is 10.1. The number of carbonyl (C=O) groups is 2. The molecule has 1 N–H and O–H groups in total. The molecule has 1 aliphatic heterocycles. The van der Waals surface area contributed by atoms with Crippen LogP contribution in [0.15, 0.2) is 41.2 Å². The summed E-state index contributed by atoms with van der Waals surface area (Å²) in [5.74, 6) is -0.793. The number of nitrogens with zero attached hydrogens (tertiary/aromatic N) is 4. The third-order valence-corrected chi connectivity index (χ3v) is 6.04. The Morgan fingerprint density at radius 2 is 1.76 bits per heavy atom. The average Bonchev–Trinajstić information content (AvgIpc) is 3.29. The fourth-order valence-corrected chi connectivity index (χ4v) is 4.57. The number of rotatable bonds is 5. The lowest BCUT2D eigenvalue weighted by Gasteiger charge is -2.16. The second kappa shape index (κ2) is 7.52. The van der Waals surface area contributed by atoms with E-state index in [0.717, 1.165) is 4.90 Å². The minimum atomic E-state index is -0.598. The standard InChI is InChI=1S/C22H16ClN5O5/c1-11-17-18(25-24-11)15-9-12(23)10-16(28(32)33)19(15)26(22(17)31)7-4-8-27-20(29)13-5-2-3-6-14(13)21(27)30/h2-3,5-6,9-10H,4,7-8H2,1H3,(H,24,25). The number of amides is 2. The highest BCUT2D eigenvalue weighted by Gasteiger charge is 2.34. The van der Waals surface area contributed by atoms with Gasteiger partial charge in [0.05, 0.1) is 21.4 Å². The molecule has 2 aromatic heterocycles. The number of pyridine rings is 1. The van der Waals surface area contributed by atoms with Gasteiger partial charge < -0.3 is 4.57 Å². The van der Waals surface area contributed by atoms with E-state index in [4.69, 9.17) is 11.6 Å². The van der Waals surface area contributed by atoms with Gasteiger partial charge in [-0.25, -0.2) is 0 Å². The number of fused-ring (bicyclic) bond motifs is 4. The Morgan fingerprint density at radius 3 is 2.39 bits per heavy atom. The van der Waals surface area contributed by atoms with Crippen LogP contribution in [0.2, 0.25) is 5.02 Å². The molecule has 0 bridgehead atoms. The van der Waals surface area contributed by atoms with Gasteiger partial charge in [0.1, 0.15) is 11.0 Å². The van der Waals surface area contributed by atoms with E-state index in [-0.39, 0.29) is 35.7 Å². The molecule has 33 heavy (non-hydrogen) atoms. The summed E-state index contributed by atoms with van der Waals surface area (Å²) < 4.78 is 1.30. The summed E-state index contributed by atoms with van der Waals surface area (Å²) in [7, 11) is 0. The minimum Gasteiger partial charge on any atom is -0.302 e. The summed E-state index contributed by atoms with van der Waals surface area (Å²) in [5.41, 5.74) is 0.824. The normalized spacial score (nSPS) is 13.3. The van der Waals surface area contributed by atoms with Crippen molar-refractivity contribution in [3.63, 3.8) is 0 Å².